The third-order valence-electron chi connectivity index (χ3n) is 5.33. The number of hydrogen-bond acceptors (Lipinski definition) is 4. The second kappa shape index (κ2) is 7.40. The van der Waals surface area contributed by atoms with Gasteiger partial charge in [-0.15, -0.1) is 11.3 Å². The molecule has 1 amide bonds. The molecule has 1 saturated heterocycles. The van der Waals surface area contributed by atoms with E-state index in [-0.39, 0.29) is 17.6 Å². The van der Waals surface area contributed by atoms with Gasteiger partial charge in [-0.05, 0) is 49.2 Å². The number of piperidine rings is 1. The Labute approximate surface area is 171 Å². The maximum Gasteiger partial charge on any atom is 0.272 e. The highest BCUT2D eigenvalue weighted by atomic mass is 32.1. The Hall–Kier alpha value is -3.06. The molecule has 7 heteroatoms. The zero-order valence-electron chi connectivity index (χ0n) is 15.7. The zero-order valence-corrected chi connectivity index (χ0v) is 16.5. The molecule has 1 fully saturated rings. The second-order valence-electron chi connectivity index (χ2n) is 7.24. The van der Waals surface area contributed by atoms with Crippen molar-refractivity contribution in [2.24, 2.45) is 0 Å². The van der Waals surface area contributed by atoms with E-state index < -0.39 is 0 Å². The lowest BCUT2D eigenvalue weighted by Gasteiger charge is -2.32. The molecule has 4 aromatic rings. The fraction of sp³-hybridized carbons (Fsp3) is 0.227. The predicted octanol–water partition coefficient (Wildman–Crippen LogP) is 4.64. The standard InChI is InChI=1S/C22H19FN4OS/c23-16-7-9-17(10-8-16)27-14-24-12-19(27)22(28)26-11-3-4-15(13-26)21-25-18-5-1-2-6-20(18)29-21/h1-2,5-10,12,14-15H,3-4,11,13H2/t15-/m1/s1. The largest absolute Gasteiger partial charge is 0.337 e. The van der Waals surface area contributed by atoms with Crippen LogP contribution in [0, 0.1) is 5.82 Å². The van der Waals surface area contributed by atoms with Crippen LogP contribution in [0.2, 0.25) is 0 Å². The number of halogens is 1. The molecule has 0 saturated carbocycles. The Morgan fingerprint density at radius 2 is 1.97 bits per heavy atom. The van der Waals surface area contributed by atoms with Gasteiger partial charge in [-0.25, -0.2) is 14.4 Å². The number of imidazole rings is 1. The third kappa shape index (κ3) is 3.42. The van der Waals surface area contributed by atoms with Crippen molar-refractivity contribution in [3.63, 3.8) is 0 Å². The molecule has 0 spiro atoms. The molecule has 0 unspecified atom stereocenters. The summed E-state index contributed by atoms with van der Waals surface area (Å²) in [5.74, 6) is -0.124. The Morgan fingerprint density at radius 1 is 1.14 bits per heavy atom. The molecule has 5 rings (SSSR count). The normalized spacial score (nSPS) is 17.0. The molecule has 0 aliphatic carbocycles. The number of thiazole rings is 1. The highest BCUT2D eigenvalue weighted by Crippen LogP contribution is 2.33. The monoisotopic (exact) mass is 406 g/mol. The summed E-state index contributed by atoms with van der Waals surface area (Å²) in [6.45, 7) is 1.36. The summed E-state index contributed by atoms with van der Waals surface area (Å²) >= 11 is 1.71. The van der Waals surface area contributed by atoms with E-state index in [9.17, 15) is 9.18 Å². The molecule has 1 aliphatic rings. The molecule has 5 nitrogen and oxygen atoms in total. The van der Waals surface area contributed by atoms with Crippen LogP contribution >= 0.6 is 11.3 Å². The summed E-state index contributed by atoms with van der Waals surface area (Å²) in [5, 5.41) is 1.09. The number of hydrogen-bond donors (Lipinski definition) is 0. The lowest BCUT2D eigenvalue weighted by atomic mass is 9.98. The second-order valence-corrected chi connectivity index (χ2v) is 8.30. The van der Waals surface area contributed by atoms with Gasteiger partial charge in [0.25, 0.3) is 5.91 Å². The van der Waals surface area contributed by atoms with E-state index in [0.29, 0.717) is 17.9 Å². The Bertz CT molecular complexity index is 1130. The van der Waals surface area contributed by atoms with Crippen LogP contribution in [0.3, 0.4) is 0 Å². The molecule has 2 aromatic heterocycles. The fourth-order valence-electron chi connectivity index (χ4n) is 3.85. The zero-order chi connectivity index (χ0) is 19.8. The van der Waals surface area contributed by atoms with Crippen LogP contribution in [-0.2, 0) is 0 Å². The van der Waals surface area contributed by atoms with E-state index in [1.54, 1.807) is 40.6 Å². The van der Waals surface area contributed by atoms with Crippen LogP contribution in [0.15, 0.2) is 61.1 Å². The van der Waals surface area contributed by atoms with E-state index in [1.165, 1.54) is 16.8 Å². The topological polar surface area (TPSA) is 51.0 Å². The Balaban J connectivity index is 1.39. The molecule has 0 N–H and O–H groups in total. The van der Waals surface area contributed by atoms with Gasteiger partial charge in [0.2, 0.25) is 0 Å². The SMILES string of the molecule is O=C(c1cncn1-c1ccc(F)cc1)N1CCC[C@@H](c2nc3ccccc3s2)C1. The maximum absolute atomic E-state index is 13.3. The molecule has 0 radical (unpaired) electrons. The minimum Gasteiger partial charge on any atom is -0.337 e. The third-order valence-corrected chi connectivity index (χ3v) is 6.53. The van der Waals surface area contributed by atoms with Crippen LogP contribution in [0.4, 0.5) is 4.39 Å². The molecule has 1 aliphatic heterocycles. The van der Waals surface area contributed by atoms with Crippen molar-refractivity contribution < 1.29 is 9.18 Å². The average molecular weight is 406 g/mol. The molecule has 1 atom stereocenters. The fourth-order valence-corrected chi connectivity index (χ4v) is 4.94. The van der Waals surface area contributed by atoms with Crippen molar-refractivity contribution in [1.82, 2.24) is 19.4 Å². The van der Waals surface area contributed by atoms with E-state index in [0.717, 1.165) is 29.9 Å². The highest BCUT2D eigenvalue weighted by Gasteiger charge is 2.29. The molecule has 29 heavy (non-hydrogen) atoms. The van der Waals surface area contributed by atoms with Gasteiger partial charge in [0.15, 0.2) is 0 Å². The van der Waals surface area contributed by atoms with Crippen LogP contribution in [0.1, 0.15) is 34.3 Å². The number of amides is 1. The van der Waals surface area contributed by atoms with Crippen molar-refractivity contribution >= 4 is 27.5 Å². The number of benzene rings is 2. The van der Waals surface area contributed by atoms with Gasteiger partial charge >= 0.3 is 0 Å². The van der Waals surface area contributed by atoms with Gasteiger partial charge in [0.1, 0.15) is 11.5 Å². The number of rotatable bonds is 3. The van der Waals surface area contributed by atoms with E-state index >= 15 is 0 Å². The number of likely N-dealkylation sites (tertiary alicyclic amines) is 1. The molecular formula is C22H19FN4OS. The van der Waals surface area contributed by atoms with Gasteiger partial charge in [0, 0.05) is 24.7 Å². The first-order chi connectivity index (χ1) is 14.2. The predicted molar refractivity (Wildman–Crippen MR) is 111 cm³/mol. The van der Waals surface area contributed by atoms with Crippen LogP contribution in [0.5, 0.6) is 0 Å². The number of carbonyl (C=O) groups excluding carboxylic acids is 1. The summed E-state index contributed by atoms with van der Waals surface area (Å²) in [6.07, 6.45) is 5.14. The van der Waals surface area contributed by atoms with Gasteiger partial charge in [-0.2, -0.15) is 0 Å². The summed E-state index contributed by atoms with van der Waals surface area (Å²) < 4.78 is 16.1. The van der Waals surface area contributed by atoms with E-state index in [2.05, 4.69) is 11.1 Å². The first kappa shape index (κ1) is 18.0. The number of para-hydroxylation sites is 1. The summed E-state index contributed by atoms with van der Waals surface area (Å²) in [5.41, 5.74) is 2.22. The maximum atomic E-state index is 13.3. The van der Waals surface area contributed by atoms with Gasteiger partial charge < -0.3 is 4.90 Å². The minimum atomic E-state index is -0.309. The Kier molecular flexibility index (Phi) is 4.60. The van der Waals surface area contributed by atoms with Gasteiger partial charge in [-0.3, -0.25) is 9.36 Å². The van der Waals surface area contributed by atoms with E-state index in [4.69, 9.17) is 4.98 Å². The molecule has 0 bridgehead atoms. The summed E-state index contributed by atoms with van der Waals surface area (Å²) in [7, 11) is 0. The first-order valence-corrected chi connectivity index (χ1v) is 10.4. The lowest BCUT2D eigenvalue weighted by molar-refractivity contribution is 0.0699. The van der Waals surface area contributed by atoms with Crippen molar-refractivity contribution in [3.8, 4) is 5.69 Å². The van der Waals surface area contributed by atoms with Crippen LogP contribution < -0.4 is 0 Å². The van der Waals surface area contributed by atoms with Gasteiger partial charge in [-0.1, -0.05) is 12.1 Å². The summed E-state index contributed by atoms with van der Waals surface area (Å²) in [6, 6.07) is 14.2. The van der Waals surface area contributed by atoms with Crippen molar-refractivity contribution in [2.45, 2.75) is 18.8 Å². The Morgan fingerprint density at radius 3 is 2.79 bits per heavy atom. The van der Waals surface area contributed by atoms with Crippen LogP contribution in [-0.4, -0.2) is 38.4 Å². The highest BCUT2D eigenvalue weighted by molar-refractivity contribution is 7.18. The molecule has 146 valence electrons. The van der Waals surface area contributed by atoms with Crippen LogP contribution in [0.25, 0.3) is 15.9 Å². The first-order valence-electron chi connectivity index (χ1n) is 9.62. The average Bonchev–Trinajstić information content (AvgIpc) is 3.41. The number of fused-ring (bicyclic) bond motifs is 1. The number of nitrogens with zero attached hydrogens (tertiary/aromatic N) is 4. The van der Waals surface area contributed by atoms with Crippen molar-refractivity contribution in [2.75, 3.05) is 13.1 Å². The number of carbonyl (C=O) groups is 1. The molecular weight excluding hydrogens is 387 g/mol. The molecule has 2 aromatic carbocycles. The minimum absolute atomic E-state index is 0.0577. The smallest absolute Gasteiger partial charge is 0.272 e. The van der Waals surface area contributed by atoms with Crippen molar-refractivity contribution in [1.29, 1.82) is 0 Å². The number of aromatic nitrogens is 3. The van der Waals surface area contributed by atoms with Gasteiger partial charge in [0.05, 0.1) is 27.7 Å². The quantitative estimate of drug-likeness (QED) is 0.498. The molecule has 3 heterocycles. The van der Waals surface area contributed by atoms with Crippen molar-refractivity contribution in [3.05, 3.63) is 77.6 Å². The lowest BCUT2D eigenvalue weighted by Crippen LogP contribution is -2.39. The summed E-state index contributed by atoms with van der Waals surface area (Å²) in [4.78, 5) is 24.1. The van der Waals surface area contributed by atoms with E-state index in [1.807, 2.05) is 23.1 Å².